The van der Waals surface area contributed by atoms with Crippen LogP contribution in [0.25, 0.3) is 0 Å². The van der Waals surface area contributed by atoms with Crippen LogP contribution in [0, 0.1) is 0 Å². The third-order valence-corrected chi connectivity index (χ3v) is 4.58. The van der Waals surface area contributed by atoms with Gasteiger partial charge in [0.2, 0.25) is 5.91 Å². The molecule has 0 fully saturated rings. The Hall–Kier alpha value is -2.69. The van der Waals surface area contributed by atoms with Crippen molar-refractivity contribution < 1.29 is 19.4 Å². The summed E-state index contributed by atoms with van der Waals surface area (Å²) < 4.78 is 11.4. The van der Waals surface area contributed by atoms with E-state index in [-0.39, 0.29) is 11.7 Å². The van der Waals surface area contributed by atoms with Crippen LogP contribution in [-0.4, -0.2) is 30.8 Å². The van der Waals surface area contributed by atoms with Crippen molar-refractivity contribution in [3.05, 3.63) is 54.1 Å². The molecule has 1 amide bonds. The van der Waals surface area contributed by atoms with Gasteiger partial charge in [0.05, 0.1) is 13.2 Å². The minimum absolute atomic E-state index is 0.0864. The van der Waals surface area contributed by atoms with Crippen LogP contribution in [0.3, 0.4) is 0 Å². The second-order valence-electron chi connectivity index (χ2n) is 7.10. The van der Waals surface area contributed by atoms with Gasteiger partial charge in [0.25, 0.3) is 0 Å². The van der Waals surface area contributed by atoms with Crippen LogP contribution in [0.1, 0.15) is 51.0 Å². The summed E-state index contributed by atoms with van der Waals surface area (Å²) in [6.07, 6.45) is 6.25. The van der Waals surface area contributed by atoms with E-state index in [0.717, 1.165) is 62.2 Å². The normalized spacial score (nSPS) is 10.5. The number of hydrogen-bond donors (Lipinski definition) is 2. The summed E-state index contributed by atoms with van der Waals surface area (Å²) >= 11 is 0. The first-order valence-electron chi connectivity index (χ1n) is 10.6. The van der Waals surface area contributed by atoms with Crippen molar-refractivity contribution >= 4 is 5.91 Å². The summed E-state index contributed by atoms with van der Waals surface area (Å²) in [7, 11) is 0. The SMILES string of the molecule is CCCCOc1ccc(OCCCCCC(=O)NCCc2ccc(O)cc2)cc1. The molecule has 2 rings (SSSR count). The Kier molecular flexibility index (Phi) is 10.5. The van der Waals surface area contributed by atoms with Crippen molar-refractivity contribution in [3.8, 4) is 17.2 Å². The molecule has 5 nitrogen and oxygen atoms in total. The van der Waals surface area contributed by atoms with E-state index >= 15 is 0 Å². The van der Waals surface area contributed by atoms with E-state index in [0.29, 0.717) is 19.6 Å². The Morgan fingerprint density at radius 1 is 0.862 bits per heavy atom. The number of rotatable bonds is 14. The fraction of sp³-hybridized carbons (Fsp3) is 0.458. The second-order valence-corrected chi connectivity index (χ2v) is 7.10. The Bertz CT molecular complexity index is 698. The third-order valence-electron chi connectivity index (χ3n) is 4.58. The van der Waals surface area contributed by atoms with Crippen LogP contribution in [0.2, 0.25) is 0 Å². The molecule has 0 aliphatic heterocycles. The van der Waals surface area contributed by atoms with Gasteiger partial charge in [0.1, 0.15) is 17.2 Å². The third kappa shape index (κ3) is 9.88. The Labute approximate surface area is 174 Å². The number of nitrogens with one attached hydrogen (secondary N) is 1. The number of benzene rings is 2. The maximum atomic E-state index is 11.9. The summed E-state index contributed by atoms with van der Waals surface area (Å²) in [5.74, 6) is 2.07. The summed E-state index contributed by atoms with van der Waals surface area (Å²) in [5, 5.41) is 12.2. The van der Waals surface area contributed by atoms with Gasteiger partial charge in [0.15, 0.2) is 0 Å². The Morgan fingerprint density at radius 2 is 1.48 bits per heavy atom. The molecule has 2 N–H and O–H groups in total. The van der Waals surface area contributed by atoms with Gasteiger partial charge in [0, 0.05) is 13.0 Å². The molecule has 0 atom stereocenters. The van der Waals surface area contributed by atoms with E-state index in [1.54, 1.807) is 12.1 Å². The standard InChI is InChI=1S/C24H33NO4/c1-2-3-18-28-22-12-14-23(15-13-22)29-19-6-4-5-7-24(27)25-17-16-20-8-10-21(26)11-9-20/h8-15,26H,2-7,16-19H2,1H3,(H,25,27). The fourth-order valence-electron chi connectivity index (χ4n) is 2.82. The molecule has 0 radical (unpaired) electrons. The van der Waals surface area contributed by atoms with Gasteiger partial charge in [-0.05, 0) is 74.1 Å². The number of ether oxygens (including phenoxy) is 2. The molecule has 5 heteroatoms. The van der Waals surface area contributed by atoms with E-state index < -0.39 is 0 Å². The van der Waals surface area contributed by atoms with Crippen LogP contribution in [0.15, 0.2) is 48.5 Å². The maximum absolute atomic E-state index is 11.9. The van der Waals surface area contributed by atoms with Crippen LogP contribution in [0.4, 0.5) is 0 Å². The molecule has 0 spiro atoms. The molecule has 0 aromatic heterocycles. The molecule has 0 aliphatic carbocycles. The van der Waals surface area contributed by atoms with E-state index in [1.165, 1.54) is 0 Å². The van der Waals surface area contributed by atoms with Gasteiger partial charge in [-0.15, -0.1) is 0 Å². The van der Waals surface area contributed by atoms with Crippen LogP contribution in [-0.2, 0) is 11.2 Å². The quantitative estimate of drug-likeness (QED) is 0.445. The molecule has 2 aromatic rings. The lowest BCUT2D eigenvalue weighted by Gasteiger charge is -2.09. The Balaban J connectivity index is 1.47. The van der Waals surface area contributed by atoms with E-state index in [2.05, 4.69) is 12.2 Å². The molecule has 29 heavy (non-hydrogen) atoms. The van der Waals surface area contributed by atoms with Gasteiger partial charge in [-0.2, -0.15) is 0 Å². The average Bonchev–Trinajstić information content (AvgIpc) is 2.73. The fourth-order valence-corrected chi connectivity index (χ4v) is 2.82. The van der Waals surface area contributed by atoms with Crippen molar-refractivity contribution in [2.75, 3.05) is 19.8 Å². The number of phenolic OH excluding ortho intramolecular Hbond substituents is 1. The first-order chi connectivity index (χ1) is 14.2. The molecule has 0 bridgehead atoms. The van der Waals surface area contributed by atoms with Crippen LogP contribution >= 0.6 is 0 Å². The first-order valence-corrected chi connectivity index (χ1v) is 10.6. The number of unbranched alkanes of at least 4 members (excludes halogenated alkanes) is 3. The zero-order valence-corrected chi connectivity index (χ0v) is 17.4. The van der Waals surface area contributed by atoms with Crippen molar-refractivity contribution in [1.29, 1.82) is 0 Å². The van der Waals surface area contributed by atoms with Gasteiger partial charge in [-0.1, -0.05) is 25.5 Å². The molecule has 0 heterocycles. The van der Waals surface area contributed by atoms with Crippen LogP contribution < -0.4 is 14.8 Å². The summed E-state index contributed by atoms with van der Waals surface area (Å²) in [6, 6.07) is 14.8. The largest absolute Gasteiger partial charge is 0.508 e. The smallest absolute Gasteiger partial charge is 0.220 e. The monoisotopic (exact) mass is 399 g/mol. The first kappa shape index (κ1) is 22.6. The topological polar surface area (TPSA) is 67.8 Å². The maximum Gasteiger partial charge on any atom is 0.220 e. The average molecular weight is 400 g/mol. The van der Waals surface area contributed by atoms with E-state index in [1.807, 2.05) is 36.4 Å². The predicted molar refractivity (Wildman–Crippen MR) is 116 cm³/mol. The van der Waals surface area contributed by atoms with Gasteiger partial charge in [-0.3, -0.25) is 4.79 Å². The molecule has 0 aliphatic rings. The minimum atomic E-state index is 0.0864. The summed E-state index contributed by atoms with van der Waals surface area (Å²) in [5.41, 5.74) is 1.10. The number of amides is 1. The van der Waals surface area contributed by atoms with Crippen molar-refractivity contribution in [2.24, 2.45) is 0 Å². The highest BCUT2D eigenvalue weighted by Crippen LogP contribution is 2.18. The lowest BCUT2D eigenvalue weighted by atomic mass is 10.1. The molecule has 158 valence electrons. The zero-order valence-electron chi connectivity index (χ0n) is 17.4. The highest BCUT2D eigenvalue weighted by molar-refractivity contribution is 5.75. The van der Waals surface area contributed by atoms with Crippen molar-refractivity contribution in [3.63, 3.8) is 0 Å². The van der Waals surface area contributed by atoms with Gasteiger partial charge >= 0.3 is 0 Å². The highest BCUT2D eigenvalue weighted by Gasteiger charge is 2.02. The minimum Gasteiger partial charge on any atom is -0.508 e. The number of aromatic hydroxyl groups is 1. The summed E-state index contributed by atoms with van der Waals surface area (Å²) in [6.45, 7) is 4.16. The number of carbonyl (C=O) groups excluding carboxylic acids is 1. The molecule has 0 saturated heterocycles. The molecule has 0 saturated carbocycles. The highest BCUT2D eigenvalue weighted by atomic mass is 16.5. The lowest BCUT2D eigenvalue weighted by Crippen LogP contribution is -2.25. The van der Waals surface area contributed by atoms with Crippen molar-refractivity contribution in [1.82, 2.24) is 5.32 Å². The molecular formula is C24H33NO4. The number of phenols is 1. The second kappa shape index (κ2) is 13.5. The molecule has 0 unspecified atom stereocenters. The zero-order chi connectivity index (χ0) is 20.7. The van der Waals surface area contributed by atoms with E-state index in [4.69, 9.17) is 9.47 Å². The predicted octanol–water partition coefficient (Wildman–Crippen LogP) is 4.87. The lowest BCUT2D eigenvalue weighted by molar-refractivity contribution is -0.121. The Morgan fingerprint density at radius 3 is 2.10 bits per heavy atom. The van der Waals surface area contributed by atoms with E-state index in [9.17, 15) is 9.90 Å². The van der Waals surface area contributed by atoms with Gasteiger partial charge in [-0.25, -0.2) is 0 Å². The number of hydrogen-bond acceptors (Lipinski definition) is 4. The summed E-state index contributed by atoms with van der Waals surface area (Å²) in [4.78, 5) is 11.9. The molecular weight excluding hydrogens is 366 g/mol. The van der Waals surface area contributed by atoms with Crippen LogP contribution in [0.5, 0.6) is 17.2 Å². The van der Waals surface area contributed by atoms with Crippen molar-refractivity contribution in [2.45, 2.75) is 51.9 Å². The number of carbonyl (C=O) groups is 1. The van der Waals surface area contributed by atoms with Gasteiger partial charge < -0.3 is 19.9 Å². The molecule has 2 aromatic carbocycles.